The van der Waals surface area contributed by atoms with Gasteiger partial charge in [0.1, 0.15) is 17.0 Å². The van der Waals surface area contributed by atoms with Crippen LogP contribution in [0.3, 0.4) is 0 Å². The summed E-state index contributed by atoms with van der Waals surface area (Å²) < 4.78 is 5.95. The molecule has 20 nitrogen and oxygen atoms in total. The molecule has 1 aliphatic heterocycles. The number of amides is 7. The summed E-state index contributed by atoms with van der Waals surface area (Å²) in [5.74, 6) is -3.77. The summed E-state index contributed by atoms with van der Waals surface area (Å²) in [4.78, 5) is 87.4. The Bertz CT molecular complexity index is 1350. The molecule has 0 spiro atoms. The van der Waals surface area contributed by atoms with Crippen molar-refractivity contribution >= 4 is 82.1 Å². The number of carboxylic acid groups (broad SMARTS) is 1. The smallest absolute Gasteiger partial charge is 0.416 e. The molecule has 50 heavy (non-hydrogen) atoms. The van der Waals surface area contributed by atoms with Gasteiger partial charge in [-0.05, 0) is 31.3 Å². The molecule has 2 rings (SSSR count). The number of hydrogen-bond donors (Lipinski definition) is 10. The molecule has 0 saturated carbocycles. The third-order valence-corrected chi connectivity index (χ3v) is 9.59. The maximum atomic E-state index is 13.3. The molecule has 1 aliphatic carbocycles. The fourth-order valence-corrected chi connectivity index (χ4v) is 6.21. The summed E-state index contributed by atoms with van der Waals surface area (Å²) in [5.41, 5.74) is 17.8. The topological polar surface area (TPSA) is 317 Å². The number of guanidine groups is 1. The second-order valence-electron chi connectivity index (χ2n) is 12.0. The SMILES string of the molecule is COC[C@H](NC(=O)[C@@H](N)CC(C)C)C(=O)NCC(=O)N[C@@H](CCCNC(=N)N)C(=O)NC1=CC1(N)SC1CC(=O)N(CCN(I)C(=O)O)C1=O. The van der Waals surface area contributed by atoms with Crippen LogP contribution in [0.4, 0.5) is 4.79 Å². The van der Waals surface area contributed by atoms with Crippen LogP contribution in [0.15, 0.2) is 11.8 Å². The summed E-state index contributed by atoms with van der Waals surface area (Å²) in [5, 5.41) is 28.2. The van der Waals surface area contributed by atoms with E-state index in [1.54, 1.807) is 22.9 Å². The van der Waals surface area contributed by atoms with Crippen LogP contribution in [0.1, 0.15) is 39.5 Å². The molecule has 0 aromatic rings. The minimum Gasteiger partial charge on any atom is -0.464 e. The molecular weight excluding hydrogens is 793 g/mol. The van der Waals surface area contributed by atoms with Gasteiger partial charge in [-0.1, -0.05) is 13.8 Å². The van der Waals surface area contributed by atoms with Crippen molar-refractivity contribution < 1.29 is 43.4 Å². The fourth-order valence-electron chi connectivity index (χ4n) is 4.71. The summed E-state index contributed by atoms with van der Waals surface area (Å²) in [6.45, 7) is 3.10. The number of halogens is 1. The molecule has 2 unspecified atom stereocenters. The van der Waals surface area contributed by atoms with E-state index in [9.17, 15) is 33.6 Å². The van der Waals surface area contributed by atoms with Crippen molar-refractivity contribution in [2.45, 2.75) is 67.8 Å². The van der Waals surface area contributed by atoms with Crippen LogP contribution in [0, 0.1) is 11.3 Å². The third kappa shape index (κ3) is 13.5. The number of thioether (sulfide) groups is 1. The van der Waals surface area contributed by atoms with Gasteiger partial charge < -0.3 is 53.6 Å². The fraction of sp³-hybridized carbons (Fsp3) is 0.643. The predicted molar refractivity (Wildman–Crippen MR) is 190 cm³/mol. The molecule has 2 aliphatic rings. The molecule has 5 atom stereocenters. The number of likely N-dealkylation sites (tertiary alicyclic amines) is 1. The molecule has 0 aromatic heterocycles. The molecular formula is C28H46IN11O9S. The van der Waals surface area contributed by atoms with Crippen molar-refractivity contribution in [2.24, 2.45) is 23.1 Å². The lowest BCUT2D eigenvalue weighted by atomic mass is 10.0. The van der Waals surface area contributed by atoms with Crippen LogP contribution in [0.5, 0.6) is 0 Å². The summed E-state index contributed by atoms with van der Waals surface area (Å²) in [6.07, 6.45) is 0.907. The normalized spacial score (nSPS) is 19.9. The van der Waals surface area contributed by atoms with E-state index in [0.717, 1.165) is 19.8 Å². The molecule has 7 amide bonds. The molecule has 0 aromatic carbocycles. The van der Waals surface area contributed by atoms with Gasteiger partial charge in [-0.3, -0.25) is 39.1 Å². The van der Waals surface area contributed by atoms with E-state index in [2.05, 4.69) is 26.6 Å². The summed E-state index contributed by atoms with van der Waals surface area (Å²) in [6, 6.07) is -3.10. The minimum atomic E-state index is -1.28. The van der Waals surface area contributed by atoms with Crippen molar-refractivity contribution in [1.29, 1.82) is 5.41 Å². The number of nitrogens with zero attached hydrogens (tertiary/aromatic N) is 2. The maximum Gasteiger partial charge on any atom is 0.416 e. The Morgan fingerprint density at radius 1 is 1.16 bits per heavy atom. The lowest BCUT2D eigenvalue weighted by Crippen LogP contribution is -2.55. The number of ether oxygens (including phenoxy) is 1. The first kappa shape index (κ1) is 42.4. The van der Waals surface area contributed by atoms with Crippen LogP contribution in [0.2, 0.25) is 0 Å². The van der Waals surface area contributed by atoms with Crippen molar-refractivity contribution in [2.75, 3.05) is 39.9 Å². The molecule has 22 heteroatoms. The van der Waals surface area contributed by atoms with E-state index in [4.69, 9.17) is 32.5 Å². The lowest BCUT2D eigenvalue weighted by molar-refractivity contribution is -0.138. The van der Waals surface area contributed by atoms with E-state index in [1.165, 1.54) is 13.2 Å². The van der Waals surface area contributed by atoms with Crippen LogP contribution in [-0.4, -0.2) is 129 Å². The molecule has 13 N–H and O–H groups in total. The highest BCUT2D eigenvalue weighted by Gasteiger charge is 2.50. The van der Waals surface area contributed by atoms with Crippen LogP contribution in [0.25, 0.3) is 0 Å². The molecule has 0 bridgehead atoms. The second-order valence-corrected chi connectivity index (χ2v) is 14.6. The van der Waals surface area contributed by atoms with Crippen molar-refractivity contribution in [1.82, 2.24) is 34.6 Å². The summed E-state index contributed by atoms with van der Waals surface area (Å²) in [7, 11) is 1.34. The number of rotatable bonds is 21. The Kier molecular flexibility index (Phi) is 16.6. The van der Waals surface area contributed by atoms with E-state index >= 15 is 0 Å². The largest absolute Gasteiger partial charge is 0.464 e. The average Bonchev–Trinajstić information content (AvgIpc) is 3.57. The minimum absolute atomic E-state index is 0.0751. The predicted octanol–water partition coefficient (Wildman–Crippen LogP) is -2.79. The maximum absolute atomic E-state index is 13.3. The number of hydrogen-bond acceptors (Lipinski definition) is 12. The molecule has 1 heterocycles. The van der Waals surface area contributed by atoms with Gasteiger partial charge >= 0.3 is 6.09 Å². The van der Waals surface area contributed by atoms with Gasteiger partial charge in [0.25, 0.3) is 0 Å². The number of imide groups is 1. The number of carbonyl (C=O) groups is 7. The Balaban J connectivity index is 1.98. The van der Waals surface area contributed by atoms with Gasteiger partial charge in [-0.15, -0.1) is 11.8 Å². The average molecular weight is 840 g/mol. The van der Waals surface area contributed by atoms with Gasteiger partial charge in [-0.25, -0.2) is 7.91 Å². The van der Waals surface area contributed by atoms with Gasteiger partial charge in [0, 0.05) is 26.6 Å². The molecule has 0 radical (unpaired) electrons. The monoisotopic (exact) mass is 839 g/mol. The molecule has 280 valence electrons. The van der Waals surface area contributed by atoms with Crippen molar-refractivity contribution in [3.05, 3.63) is 11.8 Å². The molecule has 1 saturated heterocycles. The first-order valence-electron chi connectivity index (χ1n) is 15.6. The first-order valence-corrected chi connectivity index (χ1v) is 17.4. The van der Waals surface area contributed by atoms with Gasteiger partial charge in [0.05, 0.1) is 59.5 Å². The zero-order valence-electron chi connectivity index (χ0n) is 28.0. The van der Waals surface area contributed by atoms with E-state index < -0.39 is 76.3 Å². The Morgan fingerprint density at radius 3 is 2.44 bits per heavy atom. The van der Waals surface area contributed by atoms with Gasteiger partial charge in [0.15, 0.2) is 5.96 Å². The van der Waals surface area contributed by atoms with E-state index in [0.29, 0.717) is 12.8 Å². The molecule has 1 fully saturated rings. The Morgan fingerprint density at radius 2 is 1.84 bits per heavy atom. The van der Waals surface area contributed by atoms with Crippen molar-refractivity contribution in [3.63, 3.8) is 0 Å². The zero-order chi connectivity index (χ0) is 37.8. The Hall–Kier alpha value is -3.74. The van der Waals surface area contributed by atoms with Crippen molar-refractivity contribution in [3.8, 4) is 0 Å². The highest BCUT2D eigenvalue weighted by atomic mass is 127. The van der Waals surface area contributed by atoms with Crippen LogP contribution in [-0.2, 0) is 33.5 Å². The quantitative estimate of drug-likeness (QED) is 0.0106. The summed E-state index contributed by atoms with van der Waals surface area (Å²) >= 11 is 2.51. The second kappa shape index (κ2) is 19.6. The van der Waals surface area contributed by atoms with E-state index in [-0.39, 0.29) is 56.7 Å². The first-order chi connectivity index (χ1) is 23.4. The van der Waals surface area contributed by atoms with Gasteiger partial charge in [0.2, 0.25) is 35.4 Å². The highest BCUT2D eigenvalue weighted by molar-refractivity contribution is 14.1. The third-order valence-electron chi connectivity index (χ3n) is 7.31. The van der Waals surface area contributed by atoms with Gasteiger partial charge in [-0.2, -0.15) is 0 Å². The number of carbonyl (C=O) groups excluding carboxylic acids is 6. The number of nitrogens with two attached hydrogens (primary N) is 3. The van der Waals surface area contributed by atoms with Crippen LogP contribution >= 0.6 is 34.6 Å². The number of methoxy groups -OCH3 is 1. The highest BCUT2D eigenvalue weighted by Crippen LogP contribution is 2.45. The van der Waals surface area contributed by atoms with E-state index in [1.807, 2.05) is 13.8 Å². The number of nitrogens with one attached hydrogen (secondary N) is 6. The van der Waals surface area contributed by atoms with Crippen LogP contribution < -0.4 is 43.8 Å². The zero-order valence-corrected chi connectivity index (χ0v) is 30.9. The Labute approximate surface area is 307 Å². The standard InChI is InChI=1S/C28H46IN11O9S/c1-14(2)9-15(30)22(43)37-17(13-49-3)23(44)35-12-20(41)36-16(5-4-6-34-26(31)32)24(45)38-19-11-28(19,33)50-18-10-21(42)39(25(18)46)7-8-40(29)27(47)48/h11,14-18H,4-10,12-13,30,33H2,1-3H3,(H,35,44)(H,36,41)(H,37,43)(H,38,45)(H,47,48)(H4,31,32,34)/t15-,16-,17-,18?,28?/m0/s1. The lowest BCUT2D eigenvalue weighted by Gasteiger charge is -2.22.